The van der Waals surface area contributed by atoms with Gasteiger partial charge in [0.1, 0.15) is 10.8 Å². The minimum absolute atomic E-state index is 0.181. The predicted molar refractivity (Wildman–Crippen MR) is 143 cm³/mol. The number of benzene rings is 2. The first kappa shape index (κ1) is 27.2. The van der Waals surface area contributed by atoms with Crippen LogP contribution in [0.3, 0.4) is 0 Å². The summed E-state index contributed by atoms with van der Waals surface area (Å²) >= 11 is 13.4. The molecule has 0 unspecified atom stereocenters. The van der Waals surface area contributed by atoms with Crippen LogP contribution in [0.4, 0.5) is 0 Å². The molecule has 0 N–H and O–H groups in total. The highest BCUT2D eigenvalue weighted by Crippen LogP contribution is 2.42. The molecule has 8 nitrogen and oxygen atoms in total. The summed E-state index contributed by atoms with van der Waals surface area (Å²) < 4.78 is 18.6. The molecule has 0 aliphatic heterocycles. The molecular formula is C24H24Br2ClN3O5. The van der Waals surface area contributed by atoms with Crippen molar-refractivity contribution >= 4 is 66.5 Å². The zero-order valence-electron chi connectivity index (χ0n) is 19.6. The average molecular weight is 630 g/mol. The predicted octanol–water partition coefficient (Wildman–Crippen LogP) is 5.75. The minimum Gasteiger partial charge on any atom is -0.493 e. The lowest BCUT2D eigenvalue weighted by Crippen LogP contribution is -2.22. The number of fused-ring (bicyclic) bond motifs is 1. The van der Waals surface area contributed by atoms with Crippen molar-refractivity contribution in [2.45, 2.75) is 39.7 Å². The Labute approximate surface area is 224 Å². The van der Waals surface area contributed by atoms with Gasteiger partial charge >= 0.3 is 5.97 Å². The van der Waals surface area contributed by atoms with E-state index in [9.17, 15) is 9.59 Å². The topological polar surface area (TPSA) is 92.0 Å². The van der Waals surface area contributed by atoms with Crippen molar-refractivity contribution in [3.8, 4) is 11.5 Å². The van der Waals surface area contributed by atoms with Gasteiger partial charge in [0.05, 0.1) is 30.3 Å². The Hall–Kier alpha value is -2.43. The fourth-order valence-corrected chi connectivity index (χ4v) is 4.25. The van der Waals surface area contributed by atoms with Crippen molar-refractivity contribution in [3.63, 3.8) is 0 Å². The van der Waals surface area contributed by atoms with Crippen LogP contribution in [0.15, 0.2) is 43.1 Å². The van der Waals surface area contributed by atoms with E-state index in [1.54, 1.807) is 32.0 Å². The molecular weight excluding hydrogens is 606 g/mol. The van der Waals surface area contributed by atoms with Crippen molar-refractivity contribution in [2.75, 3.05) is 13.7 Å². The van der Waals surface area contributed by atoms with E-state index in [0.717, 1.165) is 10.9 Å². The van der Waals surface area contributed by atoms with E-state index in [-0.39, 0.29) is 29.0 Å². The maximum atomic E-state index is 13.2. The van der Waals surface area contributed by atoms with Crippen molar-refractivity contribution in [1.29, 1.82) is 0 Å². The molecule has 0 bridgehead atoms. The van der Waals surface area contributed by atoms with Gasteiger partial charge in [-0.3, -0.25) is 4.79 Å². The van der Waals surface area contributed by atoms with Crippen LogP contribution < -0.4 is 15.0 Å². The molecule has 0 saturated carbocycles. The molecule has 0 amide bonds. The van der Waals surface area contributed by atoms with Crippen LogP contribution in [0.2, 0.25) is 5.02 Å². The Morgan fingerprint density at radius 2 is 2.03 bits per heavy atom. The number of hydrogen-bond donors (Lipinski definition) is 0. The number of ether oxygens (including phenoxy) is 3. The highest BCUT2D eigenvalue weighted by Gasteiger charge is 2.19. The van der Waals surface area contributed by atoms with Crippen molar-refractivity contribution < 1.29 is 19.0 Å². The van der Waals surface area contributed by atoms with Crippen molar-refractivity contribution in [2.24, 2.45) is 5.10 Å². The second-order valence-corrected chi connectivity index (χ2v) is 9.84. The summed E-state index contributed by atoms with van der Waals surface area (Å²) in [7, 11) is 1.45. The maximum absolute atomic E-state index is 13.2. The Morgan fingerprint density at radius 3 is 2.69 bits per heavy atom. The van der Waals surface area contributed by atoms with Gasteiger partial charge in [0.25, 0.3) is 5.56 Å². The molecule has 35 heavy (non-hydrogen) atoms. The molecule has 0 aliphatic carbocycles. The molecule has 1 aromatic heterocycles. The lowest BCUT2D eigenvalue weighted by Gasteiger charge is -2.15. The quantitative estimate of drug-likeness (QED) is 0.221. The first-order valence-corrected chi connectivity index (χ1v) is 12.8. The van der Waals surface area contributed by atoms with Gasteiger partial charge in [-0.25, -0.2) is 9.78 Å². The fraction of sp³-hybridized carbons (Fsp3) is 0.333. The van der Waals surface area contributed by atoms with Gasteiger partial charge in [0.2, 0.25) is 0 Å². The van der Waals surface area contributed by atoms with Crippen molar-refractivity contribution in [1.82, 2.24) is 9.66 Å². The molecule has 0 radical (unpaired) electrons. The second kappa shape index (κ2) is 12.0. The van der Waals surface area contributed by atoms with E-state index in [1.165, 1.54) is 18.0 Å². The minimum atomic E-state index is -0.529. The Kier molecular flexibility index (Phi) is 9.32. The fourth-order valence-electron chi connectivity index (χ4n) is 3.23. The summed E-state index contributed by atoms with van der Waals surface area (Å²) in [5.74, 6) is 0.484. The van der Waals surface area contributed by atoms with E-state index in [1.807, 2.05) is 13.0 Å². The van der Waals surface area contributed by atoms with Crippen LogP contribution in [0.25, 0.3) is 10.9 Å². The summed E-state index contributed by atoms with van der Waals surface area (Å²) in [4.78, 5) is 29.7. The zero-order chi connectivity index (χ0) is 25.7. The van der Waals surface area contributed by atoms with Gasteiger partial charge in [-0.05, 0) is 60.5 Å². The summed E-state index contributed by atoms with van der Waals surface area (Å²) in [5.41, 5.74) is 0.859. The highest BCUT2D eigenvalue weighted by atomic mass is 79.9. The first-order valence-electron chi connectivity index (χ1n) is 10.8. The number of nitrogens with zero attached hydrogens (tertiary/aromatic N) is 3. The number of hydrogen-bond acceptors (Lipinski definition) is 7. The first-order chi connectivity index (χ1) is 16.7. The third kappa shape index (κ3) is 6.42. The van der Waals surface area contributed by atoms with Gasteiger partial charge in [-0.2, -0.15) is 9.78 Å². The molecule has 0 saturated heterocycles. The summed E-state index contributed by atoms with van der Waals surface area (Å²) in [6, 6.07) is 7.00. The molecule has 2 aromatic carbocycles. The van der Waals surface area contributed by atoms with Gasteiger partial charge in [-0.15, -0.1) is 0 Å². The number of halogens is 3. The van der Waals surface area contributed by atoms with Crippen LogP contribution in [-0.2, 0) is 16.0 Å². The molecule has 0 aliphatic rings. The lowest BCUT2D eigenvalue weighted by molar-refractivity contribution is -0.149. The lowest BCUT2D eigenvalue weighted by atomic mass is 10.2. The summed E-state index contributed by atoms with van der Waals surface area (Å²) in [6.45, 7) is 5.17. The van der Waals surface area contributed by atoms with Gasteiger partial charge < -0.3 is 14.2 Å². The van der Waals surface area contributed by atoms with E-state index in [4.69, 9.17) is 25.8 Å². The molecule has 0 spiro atoms. The molecule has 3 aromatic rings. The molecule has 11 heteroatoms. The van der Waals surface area contributed by atoms with E-state index < -0.39 is 5.97 Å². The third-order valence-corrected chi connectivity index (χ3v) is 6.68. The zero-order valence-corrected chi connectivity index (χ0v) is 23.5. The largest absolute Gasteiger partial charge is 0.493 e. The second-order valence-electron chi connectivity index (χ2n) is 7.75. The van der Waals surface area contributed by atoms with Crippen LogP contribution in [0.1, 0.15) is 38.6 Å². The standard InChI is InChI=1S/C24H24Br2ClN3O5/c1-5-6-19-29-17-8-7-15(25)10-16(17)24(32)30(19)28-11-14-9-18(33-4)23(22(27)21(14)26)34-12-20(31)35-13(2)3/h7-11,13H,5-6,12H2,1-4H3. The smallest absolute Gasteiger partial charge is 0.344 e. The number of aryl methyl sites for hydroxylation is 1. The number of aromatic nitrogens is 2. The Morgan fingerprint density at radius 1 is 1.29 bits per heavy atom. The molecule has 3 rings (SSSR count). The number of rotatable bonds is 9. The molecule has 0 atom stereocenters. The number of methoxy groups -OCH3 is 1. The van der Waals surface area contributed by atoms with Crippen LogP contribution in [0, 0.1) is 0 Å². The molecule has 0 fully saturated rings. The number of carbonyl (C=O) groups excluding carboxylic acids is 1. The molecule has 186 valence electrons. The SMILES string of the molecule is CCCc1nc2ccc(Br)cc2c(=O)n1N=Cc1cc(OC)c(OCC(=O)OC(C)C)c(Cl)c1Br. The van der Waals surface area contributed by atoms with Gasteiger partial charge in [0.15, 0.2) is 18.1 Å². The van der Waals surface area contributed by atoms with Gasteiger partial charge in [-0.1, -0.05) is 34.5 Å². The monoisotopic (exact) mass is 627 g/mol. The molecule has 1 heterocycles. The van der Waals surface area contributed by atoms with E-state index >= 15 is 0 Å². The van der Waals surface area contributed by atoms with E-state index in [2.05, 4.69) is 41.9 Å². The van der Waals surface area contributed by atoms with Crippen LogP contribution in [0.5, 0.6) is 11.5 Å². The number of esters is 1. The summed E-state index contributed by atoms with van der Waals surface area (Å²) in [6.07, 6.45) is 2.59. The summed E-state index contributed by atoms with van der Waals surface area (Å²) in [5, 5.41) is 5.06. The Balaban J connectivity index is 2.02. The van der Waals surface area contributed by atoms with E-state index in [0.29, 0.717) is 38.9 Å². The van der Waals surface area contributed by atoms with Crippen LogP contribution in [-0.4, -0.2) is 41.7 Å². The maximum Gasteiger partial charge on any atom is 0.344 e. The van der Waals surface area contributed by atoms with Gasteiger partial charge in [0, 0.05) is 20.9 Å². The normalized spacial score (nSPS) is 11.4. The number of carbonyl (C=O) groups is 1. The average Bonchev–Trinajstić information content (AvgIpc) is 2.80. The highest BCUT2D eigenvalue weighted by molar-refractivity contribution is 9.10. The Bertz CT molecular complexity index is 1340. The van der Waals surface area contributed by atoms with Crippen molar-refractivity contribution in [3.05, 3.63) is 60.0 Å². The third-order valence-electron chi connectivity index (χ3n) is 4.74. The van der Waals surface area contributed by atoms with Crippen LogP contribution >= 0.6 is 43.5 Å².